The molecule has 2 aliphatic carbocycles. The molecule has 1 aromatic heterocycles. The maximum absolute atomic E-state index is 10.5. The predicted octanol–water partition coefficient (Wildman–Crippen LogP) is 7.40. The number of benzene rings is 2. The van der Waals surface area contributed by atoms with Crippen LogP contribution in [0.4, 0.5) is 0 Å². The third-order valence-corrected chi connectivity index (χ3v) is 8.48. The first kappa shape index (κ1) is 29.0. The number of fused-ring (bicyclic) bond motifs is 2. The van der Waals surface area contributed by atoms with E-state index in [1.165, 1.54) is 29.2 Å². The zero-order valence-electron chi connectivity index (χ0n) is 22.6. The molecule has 1 heterocycles. The van der Waals surface area contributed by atoms with E-state index in [1.807, 2.05) is 24.4 Å². The maximum atomic E-state index is 10.5. The smallest absolute Gasteiger partial charge is 0.0646 e. The second-order valence-electron chi connectivity index (χ2n) is 12.4. The van der Waals surface area contributed by atoms with Crippen LogP contribution in [0.3, 0.4) is 0 Å². The molecule has 4 atom stereocenters. The Morgan fingerprint density at radius 1 is 0.972 bits per heavy atom. The molecule has 1 radical (unpaired) electrons. The van der Waals surface area contributed by atoms with Crippen LogP contribution in [0.15, 0.2) is 54.7 Å². The fourth-order valence-corrected chi connectivity index (χ4v) is 6.23. The van der Waals surface area contributed by atoms with E-state index >= 15 is 0 Å². The molecule has 4 heteroatoms. The van der Waals surface area contributed by atoms with E-state index in [9.17, 15) is 10.2 Å². The second-order valence-corrected chi connectivity index (χ2v) is 12.4. The van der Waals surface area contributed by atoms with Crippen LogP contribution in [-0.4, -0.2) is 27.4 Å². The van der Waals surface area contributed by atoms with Gasteiger partial charge < -0.3 is 15.2 Å². The van der Waals surface area contributed by atoms with Crippen LogP contribution in [0.5, 0.6) is 0 Å². The summed E-state index contributed by atoms with van der Waals surface area (Å²) in [7, 11) is 0. The number of rotatable bonds is 2. The Bertz CT molecular complexity index is 1140. The average Bonchev–Trinajstić information content (AvgIpc) is 2.99. The molecule has 2 fully saturated rings. The van der Waals surface area contributed by atoms with Gasteiger partial charge in [0.2, 0.25) is 0 Å². The predicted molar refractivity (Wildman–Crippen MR) is 145 cm³/mol. The fraction of sp³-hybridized carbons (Fsp3) is 0.531. The normalized spacial score (nSPS) is 26.4. The number of aliphatic hydroxyl groups is 2. The minimum absolute atomic E-state index is 0. The van der Waals surface area contributed by atoms with Gasteiger partial charge in [-0.3, -0.25) is 0 Å². The molecule has 2 N–H and O–H groups in total. The van der Waals surface area contributed by atoms with Gasteiger partial charge in [0, 0.05) is 32.2 Å². The molecular formula is C32H42IrNO2-. The molecule has 5 rings (SSSR count). The molecule has 3 nitrogen and oxygen atoms in total. The van der Waals surface area contributed by atoms with Gasteiger partial charge >= 0.3 is 0 Å². The van der Waals surface area contributed by atoms with Gasteiger partial charge in [-0.25, -0.2) is 0 Å². The van der Waals surface area contributed by atoms with Crippen LogP contribution in [0.2, 0.25) is 0 Å². The van der Waals surface area contributed by atoms with E-state index in [0.717, 1.165) is 24.1 Å². The molecule has 36 heavy (non-hydrogen) atoms. The van der Waals surface area contributed by atoms with Crippen molar-refractivity contribution in [2.24, 2.45) is 22.7 Å². The summed E-state index contributed by atoms with van der Waals surface area (Å²) < 4.78 is 0. The van der Waals surface area contributed by atoms with E-state index in [-0.39, 0.29) is 49.1 Å². The van der Waals surface area contributed by atoms with Gasteiger partial charge in [0.05, 0.1) is 12.2 Å². The number of hydrogen-bond donors (Lipinski definition) is 2. The molecule has 0 bridgehead atoms. The Morgan fingerprint density at radius 2 is 1.69 bits per heavy atom. The third-order valence-electron chi connectivity index (χ3n) is 8.48. The minimum Gasteiger partial charge on any atom is -0.392 e. The zero-order valence-corrected chi connectivity index (χ0v) is 25.0. The summed E-state index contributed by atoms with van der Waals surface area (Å²) in [4.78, 5) is 4.55. The number of aromatic nitrogens is 1. The van der Waals surface area contributed by atoms with Crippen molar-refractivity contribution >= 4 is 10.8 Å². The van der Waals surface area contributed by atoms with Crippen molar-refractivity contribution in [3.05, 3.63) is 66.4 Å². The first-order chi connectivity index (χ1) is 16.5. The van der Waals surface area contributed by atoms with Crippen molar-refractivity contribution in [3.63, 3.8) is 0 Å². The summed E-state index contributed by atoms with van der Waals surface area (Å²) in [5.74, 6) is 1.13. The van der Waals surface area contributed by atoms with Crippen LogP contribution in [-0.2, 0) is 20.1 Å². The summed E-state index contributed by atoms with van der Waals surface area (Å²) in [6.45, 7) is 13.0. The van der Waals surface area contributed by atoms with Crippen LogP contribution in [0.25, 0.3) is 22.0 Å². The van der Waals surface area contributed by atoms with Crippen LogP contribution in [0, 0.1) is 28.7 Å². The molecule has 2 aromatic carbocycles. The van der Waals surface area contributed by atoms with E-state index in [0.29, 0.717) is 11.8 Å². The fourth-order valence-electron chi connectivity index (χ4n) is 6.23. The van der Waals surface area contributed by atoms with Crippen molar-refractivity contribution in [2.75, 3.05) is 0 Å². The first-order valence-electron chi connectivity index (χ1n) is 13.2. The zero-order chi connectivity index (χ0) is 25.4. The standard InChI is InChI=1S/C18H16N.C14H26O2.Ir/c1-13(2)16-9-8-14-10-11-19-18(17(14)12-16)15-6-4-3-5-7-15;1-13(2)7-5-6-9-8-14(3,4)12(16)10(9)11(13)15;/h3-6,8-13H,1-2H3;9-12,15-16H,5-8H2,1-4H3;/q-1;;. The molecule has 0 amide bonds. The van der Waals surface area contributed by atoms with Crippen LogP contribution < -0.4 is 0 Å². The van der Waals surface area contributed by atoms with Gasteiger partial charge in [0.15, 0.2) is 0 Å². The van der Waals surface area contributed by atoms with Crippen LogP contribution in [0.1, 0.15) is 78.7 Å². The maximum Gasteiger partial charge on any atom is 0.0646 e. The molecule has 0 aliphatic heterocycles. The molecular weight excluding hydrogens is 623 g/mol. The minimum atomic E-state index is -0.350. The molecule has 2 saturated carbocycles. The summed E-state index contributed by atoms with van der Waals surface area (Å²) in [5, 5.41) is 23.4. The van der Waals surface area contributed by atoms with E-state index in [4.69, 9.17) is 0 Å². The van der Waals surface area contributed by atoms with E-state index in [1.54, 1.807) is 0 Å². The Labute approximate surface area is 231 Å². The first-order valence-corrected chi connectivity index (χ1v) is 13.2. The summed E-state index contributed by atoms with van der Waals surface area (Å²) in [6, 6.07) is 20.0. The molecule has 2 aliphatic rings. The van der Waals surface area contributed by atoms with Crippen molar-refractivity contribution in [1.29, 1.82) is 0 Å². The molecule has 197 valence electrons. The van der Waals surface area contributed by atoms with Crippen molar-refractivity contribution in [3.8, 4) is 11.3 Å². The average molecular weight is 665 g/mol. The van der Waals surface area contributed by atoms with Gasteiger partial charge in [0.1, 0.15) is 0 Å². The Balaban J connectivity index is 0.000000198. The van der Waals surface area contributed by atoms with Gasteiger partial charge in [-0.05, 0) is 70.0 Å². The molecule has 4 unspecified atom stereocenters. The quantitative estimate of drug-likeness (QED) is 0.281. The van der Waals surface area contributed by atoms with Gasteiger partial charge in [-0.1, -0.05) is 66.2 Å². The third kappa shape index (κ3) is 5.94. The topological polar surface area (TPSA) is 53.4 Å². The van der Waals surface area contributed by atoms with Gasteiger partial charge in [-0.15, -0.1) is 35.9 Å². The summed E-state index contributed by atoms with van der Waals surface area (Å²) in [6.07, 6.45) is 5.68. The number of nitrogens with zero attached hydrogens (tertiary/aromatic N) is 1. The van der Waals surface area contributed by atoms with Crippen molar-refractivity contribution < 1.29 is 30.3 Å². The Kier molecular flexibility index (Phi) is 9.21. The molecule has 0 saturated heterocycles. The number of hydrogen-bond acceptors (Lipinski definition) is 3. The monoisotopic (exact) mass is 665 g/mol. The van der Waals surface area contributed by atoms with E-state index < -0.39 is 0 Å². The Morgan fingerprint density at radius 3 is 2.36 bits per heavy atom. The molecule has 3 aromatic rings. The summed E-state index contributed by atoms with van der Waals surface area (Å²) >= 11 is 0. The Hall–Kier alpha value is -1.58. The largest absolute Gasteiger partial charge is 0.392 e. The van der Waals surface area contributed by atoms with Crippen molar-refractivity contribution in [2.45, 2.75) is 85.4 Å². The van der Waals surface area contributed by atoms with E-state index in [2.05, 4.69) is 82.9 Å². The van der Waals surface area contributed by atoms with Crippen LogP contribution >= 0.6 is 0 Å². The molecule has 0 spiro atoms. The SMILES string of the molecule is CC(C)c1ccc2ccnc(-c3[c-]cccc3)c2c1.CC1(C)CCCC2CC(C)(C)C(O)C2C1O.[Ir]. The van der Waals surface area contributed by atoms with Gasteiger partial charge in [0.25, 0.3) is 0 Å². The number of pyridine rings is 1. The second kappa shape index (κ2) is 11.4. The van der Waals surface area contributed by atoms with Gasteiger partial charge in [-0.2, -0.15) is 0 Å². The van der Waals surface area contributed by atoms with Crippen molar-refractivity contribution in [1.82, 2.24) is 4.98 Å². The number of aliphatic hydroxyl groups excluding tert-OH is 2. The summed E-state index contributed by atoms with van der Waals surface area (Å²) in [5.41, 5.74) is 3.34.